The summed E-state index contributed by atoms with van der Waals surface area (Å²) in [5.74, 6) is -1.16. The Morgan fingerprint density at radius 1 is 1.64 bits per heavy atom. The summed E-state index contributed by atoms with van der Waals surface area (Å²) < 4.78 is 1.90. The monoisotopic (exact) mass is 275 g/mol. The Morgan fingerprint density at radius 2 is 2.36 bits per heavy atom. The number of aromatic nitrogens is 3. The zero-order chi connectivity index (χ0) is 10.3. The van der Waals surface area contributed by atoms with Gasteiger partial charge >= 0.3 is 5.97 Å². The molecular weight excluding hydrogens is 273 g/mol. The summed E-state index contributed by atoms with van der Waals surface area (Å²) in [6, 6.07) is 0. The van der Waals surface area contributed by atoms with E-state index < -0.39 is 5.97 Å². The Bertz CT molecular complexity index is 525. The van der Waals surface area contributed by atoms with Crippen molar-refractivity contribution in [1.82, 2.24) is 14.4 Å². The first-order valence-corrected chi connectivity index (χ1v) is 4.69. The summed E-state index contributed by atoms with van der Waals surface area (Å²) in [5.41, 5.74) is 0.204. The zero-order valence-corrected chi connectivity index (χ0v) is 8.95. The van der Waals surface area contributed by atoms with Crippen LogP contribution in [0.4, 0.5) is 0 Å². The van der Waals surface area contributed by atoms with Crippen molar-refractivity contribution >= 4 is 39.1 Å². The molecule has 72 valence electrons. The van der Waals surface area contributed by atoms with Crippen molar-refractivity contribution in [2.75, 3.05) is 0 Å². The van der Waals surface area contributed by atoms with Crippen LogP contribution in [-0.4, -0.2) is 25.4 Å². The van der Waals surface area contributed by atoms with Crippen LogP contribution in [-0.2, 0) is 0 Å². The van der Waals surface area contributed by atoms with E-state index in [2.05, 4.69) is 25.9 Å². The van der Waals surface area contributed by atoms with Crippen LogP contribution in [0.15, 0.2) is 17.0 Å². The van der Waals surface area contributed by atoms with Crippen LogP contribution in [0.5, 0.6) is 0 Å². The van der Waals surface area contributed by atoms with E-state index in [9.17, 15) is 4.79 Å². The van der Waals surface area contributed by atoms with Gasteiger partial charge < -0.3 is 5.11 Å². The molecule has 2 rings (SSSR count). The molecule has 0 aliphatic heterocycles. The molecule has 2 aromatic heterocycles. The number of hydrogen-bond donors (Lipinski definition) is 1. The number of fused-ring (bicyclic) bond motifs is 1. The Morgan fingerprint density at radius 3 is 2.93 bits per heavy atom. The first-order valence-electron chi connectivity index (χ1n) is 3.52. The maximum Gasteiger partial charge on any atom is 0.357 e. The molecule has 0 aliphatic rings. The van der Waals surface area contributed by atoms with E-state index in [1.165, 1.54) is 10.6 Å². The van der Waals surface area contributed by atoms with Gasteiger partial charge in [-0.3, -0.25) is 4.40 Å². The van der Waals surface area contributed by atoms with Crippen molar-refractivity contribution in [2.45, 2.75) is 0 Å². The first kappa shape index (κ1) is 9.42. The maximum absolute atomic E-state index is 10.7. The summed E-state index contributed by atoms with van der Waals surface area (Å²) >= 11 is 8.94. The minimum absolute atomic E-state index is 0.0654. The highest BCUT2D eigenvalue weighted by Crippen LogP contribution is 2.21. The Labute approximate surface area is 91.5 Å². The molecule has 1 N–H and O–H groups in total. The van der Waals surface area contributed by atoms with Crippen molar-refractivity contribution in [3.63, 3.8) is 0 Å². The van der Waals surface area contributed by atoms with E-state index in [1.54, 1.807) is 6.20 Å². The molecule has 0 atom stereocenters. The van der Waals surface area contributed by atoms with Crippen LogP contribution in [0.25, 0.3) is 5.65 Å². The summed E-state index contributed by atoms with van der Waals surface area (Å²) in [4.78, 5) is 18.4. The SMILES string of the molecule is O=C(O)c1nc2c(Br)nccn2c1Cl. The van der Waals surface area contributed by atoms with Crippen LogP contribution in [0.2, 0.25) is 5.15 Å². The fourth-order valence-electron chi connectivity index (χ4n) is 1.05. The molecule has 0 bridgehead atoms. The minimum atomic E-state index is -1.16. The van der Waals surface area contributed by atoms with Crippen LogP contribution < -0.4 is 0 Å². The average Bonchev–Trinajstić information content (AvgIpc) is 2.46. The Kier molecular flexibility index (Phi) is 2.16. The second-order valence-corrected chi connectivity index (χ2v) is 3.58. The van der Waals surface area contributed by atoms with Gasteiger partial charge in [0, 0.05) is 12.4 Å². The van der Waals surface area contributed by atoms with E-state index in [-0.39, 0.29) is 10.8 Å². The number of nitrogens with zero attached hydrogens (tertiary/aromatic N) is 3. The van der Waals surface area contributed by atoms with Crippen molar-refractivity contribution in [2.24, 2.45) is 0 Å². The highest BCUT2D eigenvalue weighted by molar-refractivity contribution is 9.10. The predicted octanol–water partition coefficient (Wildman–Crippen LogP) is 1.84. The Balaban J connectivity index is 2.86. The summed E-state index contributed by atoms with van der Waals surface area (Å²) in [6.45, 7) is 0. The fourth-order valence-corrected chi connectivity index (χ4v) is 1.71. The minimum Gasteiger partial charge on any atom is -0.476 e. The number of imidazole rings is 1. The summed E-state index contributed by atoms with van der Waals surface area (Å²) in [6.07, 6.45) is 3.04. The molecule has 0 aromatic carbocycles. The lowest BCUT2D eigenvalue weighted by Gasteiger charge is -1.93. The lowest BCUT2D eigenvalue weighted by molar-refractivity contribution is 0.0691. The third kappa shape index (κ3) is 1.27. The molecule has 0 amide bonds. The third-order valence-electron chi connectivity index (χ3n) is 1.64. The number of hydrogen-bond acceptors (Lipinski definition) is 3. The van der Waals surface area contributed by atoms with Gasteiger partial charge in [-0.2, -0.15) is 0 Å². The molecule has 0 unspecified atom stereocenters. The quantitative estimate of drug-likeness (QED) is 0.863. The molecule has 2 aromatic rings. The molecule has 0 fully saturated rings. The smallest absolute Gasteiger partial charge is 0.357 e. The summed E-state index contributed by atoms with van der Waals surface area (Å²) in [7, 11) is 0. The highest BCUT2D eigenvalue weighted by atomic mass is 79.9. The lowest BCUT2D eigenvalue weighted by Crippen LogP contribution is -1.96. The van der Waals surface area contributed by atoms with E-state index in [0.29, 0.717) is 10.3 Å². The van der Waals surface area contributed by atoms with Gasteiger partial charge in [-0.1, -0.05) is 11.6 Å². The average molecular weight is 276 g/mol. The van der Waals surface area contributed by atoms with Crippen molar-refractivity contribution in [1.29, 1.82) is 0 Å². The fraction of sp³-hybridized carbons (Fsp3) is 0. The molecule has 0 spiro atoms. The highest BCUT2D eigenvalue weighted by Gasteiger charge is 2.17. The normalized spacial score (nSPS) is 10.7. The molecular formula is C7H3BrClN3O2. The number of carbonyl (C=O) groups is 1. The number of carboxylic acid groups (broad SMARTS) is 1. The van der Waals surface area contributed by atoms with Gasteiger partial charge in [0.15, 0.2) is 11.3 Å². The van der Waals surface area contributed by atoms with Gasteiger partial charge in [0.05, 0.1) is 0 Å². The zero-order valence-electron chi connectivity index (χ0n) is 6.61. The second-order valence-electron chi connectivity index (χ2n) is 2.47. The number of halogens is 2. The van der Waals surface area contributed by atoms with Crippen LogP contribution in [0, 0.1) is 0 Å². The maximum atomic E-state index is 10.7. The van der Waals surface area contributed by atoms with Gasteiger partial charge in [0.25, 0.3) is 0 Å². The van der Waals surface area contributed by atoms with Gasteiger partial charge in [-0.15, -0.1) is 0 Å². The van der Waals surface area contributed by atoms with Crippen LogP contribution in [0.3, 0.4) is 0 Å². The molecule has 0 saturated carbocycles. The molecule has 0 radical (unpaired) electrons. The van der Waals surface area contributed by atoms with Gasteiger partial charge in [0.1, 0.15) is 9.76 Å². The van der Waals surface area contributed by atoms with Crippen molar-refractivity contribution in [3.05, 3.63) is 27.8 Å². The van der Waals surface area contributed by atoms with Gasteiger partial charge in [-0.25, -0.2) is 14.8 Å². The second kappa shape index (κ2) is 3.21. The van der Waals surface area contributed by atoms with Crippen LogP contribution >= 0.6 is 27.5 Å². The van der Waals surface area contributed by atoms with Crippen LogP contribution in [0.1, 0.15) is 10.5 Å². The summed E-state index contributed by atoms with van der Waals surface area (Å²) in [5, 5.41) is 8.83. The van der Waals surface area contributed by atoms with E-state index in [1.807, 2.05) is 0 Å². The van der Waals surface area contributed by atoms with E-state index in [4.69, 9.17) is 16.7 Å². The Hall–Kier alpha value is -1.14. The van der Waals surface area contributed by atoms with Crippen molar-refractivity contribution in [3.8, 4) is 0 Å². The molecule has 7 heteroatoms. The predicted molar refractivity (Wildman–Crippen MR) is 52.7 cm³/mol. The first-order chi connectivity index (χ1) is 6.61. The molecule has 5 nitrogen and oxygen atoms in total. The lowest BCUT2D eigenvalue weighted by atomic mass is 10.5. The number of carboxylic acids is 1. The van der Waals surface area contributed by atoms with Gasteiger partial charge in [-0.05, 0) is 15.9 Å². The number of rotatable bonds is 1. The molecule has 0 saturated heterocycles. The van der Waals surface area contributed by atoms with E-state index in [0.717, 1.165) is 0 Å². The molecule has 2 heterocycles. The van der Waals surface area contributed by atoms with Crippen molar-refractivity contribution < 1.29 is 9.90 Å². The van der Waals surface area contributed by atoms with Gasteiger partial charge in [0.2, 0.25) is 0 Å². The largest absolute Gasteiger partial charge is 0.476 e. The topological polar surface area (TPSA) is 67.5 Å². The standard InChI is InChI=1S/C7H3BrClN3O2/c8-4-6-11-3(7(13)14)5(9)12(6)2-1-10-4/h1-2H,(H,13,14). The third-order valence-corrected chi connectivity index (χ3v) is 2.56. The molecule has 14 heavy (non-hydrogen) atoms. The molecule has 0 aliphatic carbocycles. The number of aromatic carboxylic acids is 1. The van der Waals surface area contributed by atoms with E-state index >= 15 is 0 Å².